The number of carbonyl (C=O) groups excluding carboxylic acids is 1. The third-order valence-electron chi connectivity index (χ3n) is 1.44. The summed E-state index contributed by atoms with van der Waals surface area (Å²) >= 11 is 1.52. The molecule has 1 heterocycles. The first-order chi connectivity index (χ1) is 5.75. The highest BCUT2D eigenvalue weighted by molar-refractivity contribution is 7.08. The molecule has 66 valence electrons. The Balaban J connectivity index is 2.59. The van der Waals surface area contributed by atoms with E-state index < -0.39 is 6.04 Å². The minimum absolute atomic E-state index is 0.365. The summed E-state index contributed by atoms with van der Waals surface area (Å²) in [4.78, 5) is 11.1. The van der Waals surface area contributed by atoms with Gasteiger partial charge in [-0.25, -0.2) is 4.79 Å². The Morgan fingerprint density at radius 3 is 3.08 bits per heavy atom. The van der Waals surface area contributed by atoms with Crippen LogP contribution in [0.25, 0.3) is 0 Å². The number of ether oxygens (including phenoxy) is 1. The van der Waals surface area contributed by atoms with Gasteiger partial charge in [-0.1, -0.05) is 0 Å². The second-order valence-corrected chi connectivity index (χ2v) is 3.07. The van der Waals surface area contributed by atoms with E-state index in [0.29, 0.717) is 6.61 Å². The average molecular weight is 185 g/mol. The van der Waals surface area contributed by atoms with E-state index in [9.17, 15) is 4.79 Å². The standard InChI is InChI=1S/C8H11NO2S/c1-2-11-8(10)7(9)6-3-4-12-5-6/h3-5,7H,2,9H2,1H3. The molecular weight excluding hydrogens is 174 g/mol. The smallest absolute Gasteiger partial charge is 0.327 e. The van der Waals surface area contributed by atoms with E-state index in [1.54, 1.807) is 6.92 Å². The normalized spacial score (nSPS) is 12.5. The van der Waals surface area contributed by atoms with Gasteiger partial charge in [0.2, 0.25) is 0 Å². The summed E-state index contributed by atoms with van der Waals surface area (Å²) in [5.41, 5.74) is 6.42. The van der Waals surface area contributed by atoms with Gasteiger partial charge in [0, 0.05) is 0 Å². The first kappa shape index (κ1) is 9.22. The van der Waals surface area contributed by atoms with Crippen molar-refractivity contribution in [2.24, 2.45) is 5.73 Å². The van der Waals surface area contributed by atoms with Crippen molar-refractivity contribution in [3.8, 4) is 0 Å². The lowest BCUT2D eigenvalue weighted by Crippen LogP contribution is -2.23. The van der Waals surface area contributed by atoms with Crippen molar-refractivity contribution in [2.45, 2.75) is 13.0 Å². The highest BCUT2D eigenvalue weighted by Gasteiger charge is 2.16. The summed E-state index contributed by atoms with van der Waals surface area (Å²) in [6, 6.07) is 1.20. The van der Waals surface area contributed by atoms with Crippen LogP contribution in [0.1, 0.15) is 18.5 Å². The molecule has 1 aromatic heterocycles. The molecule has 0 radical (unpaired) electrons. The molecule has 0 aliphatic rings. The number of hydrogen-bond acceptors (Lipinski definition) is 4. The molecule has 1 unspecified atom stereocenters. The Bertz CT molecular complexity index is 246. The van der Waals surface area contributed by atoms with Gasteiger partial charge in [-0.05, 0) is 29.3 Å². The molecule has 4 heteroatoms. The molecule has 1 atom stereocenters. The monoisotopic (exact) mass is 185 g/mol. The van der Waals surface area contributed by atoms with Crippen molar-refractivity contribution in [1.82, 2.24) is 0 Å². The summed E-state index contributed by atoms with van der Waals surface area (Å²) in [6.07, 6.45) is 0. The van der Waals surface area contributed by atoms with Crippen molar-refractivity contribution in [3.05, 3.63) is 22.4 Å². The number of rotatable bonds is 3. The Hall–Kier alpha value is -0.870. The summed E-state index contributed by atoms with van der Waals surface area (Å²) in [5, 5.41) is 3.73. The van der Waals surface area contributed by atoms with Crippen LogP contribution in [0.3, 0.4) is 0 Å². The van der Waals surface area contributed by atoms with Gasteiger partial charge >= 0.3 is 5.97 Å². The molecule has 0 saturated carbocycles. The average Bonchev–Trinajstić information content (AvgIpc) is 2.55. The molecule has 0 spiro atoms. The van der Waals surface area contributed by atoms with E-state index in [4.69, 9.17) is 10.5 Å². The van der Waals surface area contributed by atoms with E-state index in [-0.39, 0.29) is 5.97 Å². The lowest BCUT2D eigenvalue weighted by atomic mass is 10.2. The number of esters is 1. The SMILES string of the molecule is CCOC(=O)C(N)c1ccsc1. The van der Waals surface area contributed by atoms with Crippen LogP contribution in [-0.4, -0.2) is 12.6 Å². The summed E-state index contributed by atoms with van der Waals surface area (Å²) < 4.78 is 4.77. The zero-order valence-corrected chi connectivity index (χ0v) is 7.64. The van der Waals surface area contributed by atoms with Crippen LogP contribution in [0.5, 0.6) is 0 Å². The van der Waals surface area contributed by atoms with Crippen molar-refractivity contribution in [2.75, 3.05) is 6.61 Å². The fourth-order valence-corrected chi connectivity index (χ4v) is 1.52. The molecule has 0 aromatic carbocycles. The van der Waals surface area contributed by atoms with Crippen LogP contribution >= 0.6 is 11.3 Å². The van der Waals surface area contributed by atoms with Crippen LogP contribution in [0.15, 0.2) is 16.8 Å². The fraction of sp³-hybridized carbons (Fsp3) is 0.375. The molecule has 12 heavy (non-hydrogen) atoms. The van der Waals surface area contributed by atoms with Gasteiger partial charge < -0.3 is 10.5 Å². The number of carbonyl (C=O) groups is 1. The zero-order chi connectivity index (χ0) is 8.97. The zero-order valence-electron chi connectivity index (χ0n) is 6.82. The van der Waals surface area contributed by atoms with Crippen LogP contribution in [0, 0.1) is 0 Å². The number of thiophene rings is 1. The lowest BCUT2D eigenvalue weighted by Gasteiger charge is -2.07. The van der Waals surface area contributed by atoms with E-state index in [2.05, 4.69) is 0 Å². The molecule has 0 amide bonds. The maximum atomic E-state index is 11.1. The molecular formula is C8H11NO2S. The number of hydrogen-bond donors (Lipinski definition) is 1. The molecule has 0 bridgehead atoms. The van der Waals surface area contributed by atoms with E-state index >= 15 is 0 Å². The predicted molar refractivity (Wildman–Crippen MR) is 47.9 cm³/mol. The maximum absolute atomic E-state index is 11.1. The fourth-order valence-electron chi connectivity index (χ4n) is 0.820. The first-order valence-electron chi connectivity index (χ1n) is 3.70. The Kier molecular flexibility index (Phi) is 3.25. The van der Waals surface area contributed by atoms with Gasteiger partial charge in [0.15, 0.2) is 0 Å². The lowest BCUT2D eigenvalue weighted by molar-refractivity contribution is -0.144. The second-order valence-electron chi connectivity index (χ2n) is 2.29. The Morgan fingerprint density at radius 1 is 1.83 bits per heavy atom. The van der Waals surface area contributed by atoms with Crippen LogP contribution in [0.2, 0.25) is 0 Å². The number of nitrogens with two attached hydrogens (primary N) is 1. The first-order valence-corrected chi connectivity index (χ1v) is 4.64. The van der Waals surface area contributed by atoms with Crippen molar-refractivity contribution in [1.29, 1.82) is 0 Å². The van der Waals surface area contributed by atoms with Gasteiger partial charge in [0.05, 0.1) is 6.61 Å². The summed E-state index contributed by atoms with van der Waals surface area (Å²) in [7, 11) is 0. The van der Waals surface area contributed by atoms with Gasteiger partial charge in [-0.15, -0.1) is 0 Å². The van der Waals surface area contributed by atoms with Crippen LogP contribution < -0.4 is 5.73 Å². The van der Waals surface area contributed by atoms with Gasteiger partial charge in [-0.3, -0.25) is 0 Å². The molecule has 0 saturated heterocycles. The molecule has 2 N–H and O–H groups in total. The van der Waals surface area contributed by atoms with Gasteiger partial charge in [0.25, 0.3) is 0 Å². The third kappa shape index (κ3) is 2.06. The molecule has 0 aliphatic heterocycles. The minimum atomic E-state index is -0.629. The van der Waals surface area contributed by atoms with Gasteiger partial charge in [-0.2, -0.15) is 11.3 Å². The second kappa shape index (κ2) is 4.23. The van der Waals surface area contributed by atoms with Crippen molar-refractivity contribution >= 4 is 17.3 Å². The maximum Gasteiger partial charge on any atom is 0.327 e. The molecule has 3 nitrogen and oxygen atoms in total. The molecule has 1 rings (SSSR count). The van der Waals surface area contributed by atoms with Crippen molar-refractivity contribution < 1.29 is 9.53 Å². The van der Waals surface area contributed by atoms with Crippen molar-refractivity contribution in [3.63, 3.8) is 0 Å². The third-order valence-corrected chi connectivity index (χ3v) is 2.14. The highest BCUT2D eigenvalue weighted by atomic mass is 32.1. The Labute approximate surface area is 75.1 Å². The predicted octanol–water partition coefficient (Wildman–Crippen LogP) is 1.31. The summed E-state index contributed by atoms with van der Waals surface area (Å²) in [6.45, 7) is 2.13. The molecule has 1 aromatic rings. The van der Waals surface area contributed by atoms with E-state index in [1.165, 1.54) is 11.3 Å². The largest absolute Gasteiger partial charge is 0.465 e. The quantitative estimate of drug-likeness (QED) is 0.722. The highest BCUT2D eigenvalue weighted by Crippen LogP contribution is 2.14. The Morgan fingerprint density at radius 2 is 2.58 bits per heavy atom. The van der Waals surface area contributed by atoms with E-state index in [1.807, 2.05) is 16.8 Å². The van der Waals surface area contributed by atoms with Crippen LogP contribution in [-0.2, 0) is 9.53 Å². The van der Waals surface area contributed by atoms with E-state index in [0.717, 1.165) is 5.56 Å². The minimum Gasteiger partial charge on any atom is -0.465 e. The van der Waals surface area contributed by atoms with Crippen LogP contribution in [0.4, 0.5) is 0 Å². The molecule has 0 aliphatic carbocycles. The summed E-state index contributed by atoms with van der Waals surface area (Å²) in [5.74, 6) is -0.365. The topological polar surface area (TPSA) is 52.3 Å². The van der Waals surface area contributed by atoms with Gasteiger partial charge in [0.1, 0.15) is 6.04 Å². The molecule has 0 fully saturated rings.